The minimum atomic E-state index is -0.967. The van der Waals surface area contributed by atoms with Crippen molar-refractivity contribution in [3.63, 3.8) is 0 Å². The van der Waals surface area contributed by atoms with Crippen LogP contribution in [0.4, 0.5) is 5.69 Å². The van der Waals surface area contributed by atoms with Crippen LogP contribution in [0, 0.1) is 0 Å². The summed E-state index contributed by atoms with van der Waals surface area (Å²) in [6.07, 6.45) is 2.32. The maximum atomic E-state index is 12.9. The fraction of sp³-hybridized carbons (Fsp3) is 0.583. The van der Waals surface area contributed by atoms with Crippen molar-refractivity contribution in [1.29, 1.82) is 0 Å². The van der Waals surface area contributed by atoms with Crippen molar-refractivity contribution in [2.45, 2.75) is 37.8 Å². The number of amides is 4. The fourth-order valence-corrected chi connectivity index (χ4v) is 4.54. The summed E-state index contributed by atoms with van der Waals surface area (Å²) in [6, 6.07) is 4.27. The van der Waals surface area contributed by atoms with Crippen LogP contribution < -0.4 is 16.4 Å². The molecule has 4 N–H and O–H groups in total. The van der Waals surface area contributed by atoms with Gasteiger partial charge in [0.1, 0.15) is 6.04 Å². The maximum absolute atomic E-state index is 12.9. The molecule has 4 amide bonds. The molecule has 1 aromatic rings. The van der Waals surface area contributed by atoms with Crippen LogP contribution >= 0.6 is 0 Å². The predicted molar refractivity (Wildman–Crippen MR) is 127 cm³/mol. The first-order valence-corrected chi connectivity index (χ1v) is 12.2. The number of carbonyl (C=O) groups is 4. The molecule has 0 aromatic heterocycles. The van der Waals surface area contributed by atoms with Crippen molar-refractivity contribution in [3.8, 4) is 0 Å². The first-order valence-electron chi connectivity index (χ1n) is 12.2. The maximum Gasteiger partial charge on any atom is 0.262 e. The number of likely N-dealkylation sites (tertiary alicyclic amines) is 1. The van der Waals surface area contributed by atoms with Gasteiger partial charge in [0.2, 0.25) is 11.8 Å². The highest BCUT2D eigenvalue weighted by Gasteiger charge is 2.44. The topological polar surface area (TPSA) is 143 Å². The SMILES string of the molecule is NC1CCN(CCOCCOCCNc2ccc3c(c2)C(=O)N(C2CCC(=O)NC2=O)C3=O)CC1. The molecular weight excluding hydrogens is 454 g/mol. The lowest BCUT2D eigenvalue weighted by Crippen LogP contribution is -2.54. The Morgan fingerprint density at radius 3 is 2.40 bits per heavy atom. The normalized spacial score (nSPS) is 21.4. The molecule has 11 heteroatoms. The first kappa shape index (κ1) is 25.2. The van der Waals surface area contributed by atoms with Gasteiger partial charge < -0.3 is 25.4 Å². The van der Waals surface area contributed by atoms with Crippen molar-refractivity contribution in [2.75, 3.05) is 57.9 Å². The average Bonchev–Trinajstić information content (AvgIpc) is 3.09. The summed E-state index contributed by atoms with van der Waals surface area (Å²) in [5, 5.41) is 5.37. The molecule has 190 valence electrons. The lowest BCUT2D eigenvalue weighted by atomic mass is 10.0. The Morgan fingerprint density at radius 1 is 0.943 bits per heavy atom. The Labute approximate surface area is 204 Å². The van der Waals surface area contributed by atoms with Gasteiger partial charge in [0.15, 0.2) is 0 Å². The predicted octanol–water partition coefficient (Wildman–Crippen LogP) is -0.0440. The van der Waals surface area contributed by atoms with Gasteiger partial charge in [-0.05, 0) is 50.6 Å². The van der Waals surface area contributed by atoms with E-state index in [1.807, 2.05) is 0 Å². The number of nitrogens with zero attached hydrogens (tertiary/aromatic N) is 2. The number of imide groups is 2. The molecule has 0 bridgehead atoms. The lowest BCUT2D eigenvalue weighted by Gasteiger charge is -2.29. The summed E-state index contributed by atoms with van der Waals surface area (Å²) < 4.78 is 11.2. The highest BCUT2D eigenvalue weighted by atomic mass is 16.5. The monoisotopic (exact) mass is 487 g/mol. The van der Waals surface area contributed by atoms with E-state index < -0.39 is 29.7 Å². The number of benzene rings is 1. The van der Waals surface area contributed by atoms with Crippen molar-refractivity contribution < 1.29 is 28.7 Å². The number of nitrogens with two attached hydrogens (primary N) is 1. The van der Waals surface area contributed by atoms with Gasteiger partial charge in [-0.2, -0.15) is 0 Å². The van der Waals surface area contributed by atoms with Crippen molar-refractivity contribution in [3.05, 3.63) is 29.3 Å². The third kappa shape index (κ3) is 6.23. The number of nitrogens with one attached hydrogen (secondary N) is 2. The van der Waals surface area contributed by atoms with Crippen LogP contribution in [0.3, 0.4) is 0 Å². The zero-order valence-electron chi connectivity index (χ0n) is 19.8. The molecule has 0 aliphatic carbocycles. The van der Waals surface area contributed by atoms with Crippen molar-refractivity contribution in [1.82, 2.24) is 15.1 Å². The molecule has 3 heterocycles. The van der Waals surface area contributed by atoms with Crippen LogP contribution in [-0.2, 0) is 19.1 Å². The van der Waals surface area contributed by atoms with Crippen LogP contribution in [0.15, 0.2) is 18.2 Å². The van der Waals surface area contributed by atoms with E-state index >= 15 is 0 Å². The third-order valence-electron chi connectivity index (χ3n) is 6.57. The Hall–Kier alpha value is -2.86. The zero-order chi connectivity index (χ0) is 24.8. The minimum Gasteiger partial charge on any atom is -0.383 e. The second-order valence-corrected chi connectivity index (χ2v) is 9.04. The van der Waals surface area contributed by atoms with Crippen molar-refractivity contribution in [2.24, 2.45) is 5.73 Å². The number of carbonyl (C=O) groups excluding carboxylic acids is 4. The molecule has 1 unspecified atom stereocenters. The van der Waals surface area contributed by atoms with E-state index in [1.165, 1.54) is 0 Å². The van der Waals surface area contributed by atoms with E-state index in [4.69, 9.17) is 15.2 Å². The fourth-order valence-electron chi connectivity index (χ4n) is 4.54. The van der Waals surface area contributed by atoms with E-state index in [2.05, 4.69) is 15.5 Å². The number of hydrogen-bond donors (Lipinski definition) is 3. The first-order chi connectivity index (χ1) is 16.9. The van der Waals surface area contributed by atoms with Gasteiger partial charge in [-0.25, -0.2) is 0 Å². The largest absolute Gasteiger partial charge is 0.383 e. The van der Waals surface area contributed by atoms with Gasteiger partial charge in [0.05, 0.1) is 37.6 Å². The standard InChI is InChI=1S/C24H33N5O6/c25-16-5-8-28(9-6-16)10-12-35-14-13-34-11-7-26-17-1-2-18-19(15-17)24(33)29(23(18)32)20-3-4-21(30)27-22(20)31/h1-2,15-16,20,26H,3-14,25H2,(H,27,30,31). The van der Waals surface area contributed by atoms with E-state index in [0.29, 0.717) is 44.7 Å². The van der Waals surface area contributed by atoms with E-state index in [-0.39, 0.29) is 24.0 Å². The van der Waals surface area contributed by atoms with Crippen LogP contribution in [-0.4, -0.2) is 98.1 Å². The quantitative estimate of drug-likeness (QED) is 0.289. The molecule has 11 nitrogen and oxygen atoms in total. The average molecular weight is 488 g/mol. The number of fused-ring (bicyclic) bond motifs is 1. The molecule has 0 saturated carbocycles. The molecule has 35 heavy (non-hydrogen) atoms. The molecule has 1 atom stereocenters. The van der Waals surface area contributed by atoms with E-state index in [0.717, 1.165) is 37.4 Å². The molecule has 2 fully saturated rings. The van der Waals surface area contributed by atoms with E-state index in [1.54, 1.807) is 18.2 Å². The number of hydrogen-bond acceptors (Lipinski definition) is 9. The number of rotatable bonds is 11. The van der Waals surface area contributed by atoms with E-state index in [9.17, 15) is 19.2 Å². The van der Waals surface area contributed by atoms with Gasteiger partial charge in [0.25, 0.3) is 11.8 Å². The molecule has 3 aliphatic heterocycles. The second kappa shape index (κ2) is 11.7. The Kier molecular flexibility index (Phi) is 8.45. The Morgan fingerprint density at radius 2 is 1.66 bits per heavy atom. The summed E-state index contributed by atoms with van der Waals surface area (Å²) in [7, 11) is 0. The number of anilines is 1. The number of ether oxygens (including phenoxy) is 2. The van der Waals surface area contributed by atoms with Gasteiger partial charge in [-0.1, -0.05) is 0 Å². The molecule has 1 aromatic carbocycles. The summed E-state index contributed by atoms with van der Waals surface area (Å²) in [5.41, 5.74) is 7.09. The smallest absolute Gasteiger partial charge is 0.262 e. The summed E-state index contributed by atoms with van der Waals surface area (Å²) in [6.45, 7) is 5.65. The highest BCUT2D eigenvalue weighted by molar-refractivity contribution is 6.23. The Bertz CT molecular complexity index is 962. The molecule has 0 radical (unpaired) electrons. The molecule has 3 aliphatic rings. The lowest BCUT2D eigenvalue weighted by molar-refractivity contribution is -0.136. The van der Waals surface area contributed by atoms with Crippen LogP contribution in [0.2, 0.25) is 0 Å². The Balaban J connectivity index is 1.14. The minimum absolute atomic E-state index is 0.0925. The van der Waals surface area contributed by atoms with Crippen LogP contribution in [0.25, 0.3) is 0 Å². The van der Waals surface area contributed by atoms with Crippen LogP contribution in [0.1, 0.15) is 46.4 Å². The number of piperidine rings is 2. The second-order valence-electron chi connectivity index (χ2n) is 9.04. The van der Waals surface area contributed by atoms with Gasteiger partial charge in [0, 0.05) is 31.2 Å². The molecule has 0 spiro atoms. The third-order valence-corrected chi connectivity index (χ3v) is 6.57. The summed E-state index contributed by atoms with van der Waals surface area (Å²) in [4.78, 5) is 52.5. The summed E-state index contributed by atoms with van der Waals surface area (Å²) in [5.74, 6) is -2.06. The molecule has 2 saturated heterocycles. The zero-order valence-corrected chi connectivity index (χ0v) is 19.8. The highest BCUT2D eigenvalue weighted by Crippen LogP contribution is 2.29. The molecular formula is C24H33N5O6. The van der Waals surface area contributed by atoms with Gasteiger partial charge in [-0.15, -0.1) is 0 Å². The van der Waals surface area contributed by atoms with Gasteiger partial charge in [-0.3, -0.25) is 29.4 Å². The molecule has 4 rings (SSSR count). The van der Waals surface area contributed by atoms with Crippen LogP contribution in [0.5, 0.6) is 0 Å². The summed E-state index contributed by atoms with van der Waals surface area (Å²) >= 11 is 0. The van der Waals surface area contributed by atoms with Gasteiger partial charge >= 0.3 is 0 Å². The van der Waals surface area contributed by atoms with Crippen molar-refractivity contribution >= 4 is 29.3 Å².